The van der Waals surface area contributed by atoms with Gasteiger partial charge in [-0.2, -0.15) is 4.31 Å². The molecule has 138 valence electrons. The summed E-state index contributed by atoms with van der Waals surface area (Å²) >= 11 is 5.84. The quantitative estimate of drug-likeness (QED) is 0.802. The first-order valence-electron chi connectivity index (χ1n) is 8.97. The Hall–Kier alpha value is -1.11. The van der Waals surface area contributed by atoms with Gasteiger partial charge in [-0.15, -0.1) is 0 Å². The fourth-order valence-corrected chi connectivity index (χ4v) is 5.32. The number of amides is 1. The average molecular weight is 385 g/mol. The van der Waals surface area contributed by atoms with Crippen LogP contribution in [0.4, 0.5) is 0 Å². The van der Waals surface area contributed by atoms with Crippen molar-refractivity contribution in [3.63, 3.8) is 0 Å². The first kappa shape index (κ1) is 18.7. The van der Waals surface area contributed by atoms with Gasteiger partial charge < -0.3 is 4.90 Å². The van der Waals surface area contributed by atoms with E-state index in [1.165, 1.54) is 10.7 Å². The third-order valence-corrected chi connectivity index (χ3v) is 7.26. The molecule has 1 heterocycles. The molecule has 5 nitrogen and oxygen atoms in total. The molecule has 2 fully saturated rings. The van der Waals surface area contributed by atoms with E-state index in [0.717, 1.165) is 31.2 Å². The molecule has 1 aliphatic carbocycles. The van der Waals surface area contributed by atoms with Crippen molar-refractivity contribution in [2.75, 3.05) is 26.2 Å². The molecule has 1 aliphatic heterocycles. The summed E-state index contributed by atoms with van der Waals surface area (Å²) in [5.74, 6) is 0.334. The molecule has 1 aromatic carbocycles. The predicted molar refractivity (Wildman–Crippen MR) is 98.8 cm³/mol. The summed E-state index contributed by atoms with van der Waals surface area (Å²) in [4.78, 5) is 14.4. The van der Waals surface area contributed by atoms with Crippen molar-refractivity contribution in [2.24, 2.45) is 5.92 Å². The molecule has 0 unspecified atom stereocenters. The monoisotopic (exact) mass is 384 g/mol. The topological polar surface area (TPSA) is 57.7 Å². The van der Waals surface area contributed by atoms with Gasteiger partial charge in [-0.25, -0.2) is 8.42 Å². The normalized spacial score (nSPS) is 20.6. The minimum Gasteiger partial charge on any atom is -0.340 e. The van der Waals surface area contributed by atoms with E-state index in [9.17, 15) is 13.2 Å². The highest BCUT2D eigenvalue weighted by Gasteiger charge is 2.32. The zero-order valence-electron chi connectivity index (χ0n) is 14.4. The second-order valence-corrected chi connectivity index (χ2v) is 9.35. The van der Waals surface area contributed by atoms with Gasteiger partial charge in [-0.05, 0) is 30.5 Å². The molecule has 3 rings (SSSR count). The van der Waals surface area contributed by atoms with Gasteiger partial charge in [0.15, 0.2) is 0 Å². The number of nitrogens with zero attached hydrogens (tertiary/aromatic N) is 2. The van der Waals surface area contributed by atoms with Crippen LogP contribution in [0.25, 0.3) is 0 Å². The summed E-state index contributed by atoms with van der Waals surface area (Å²) < 4.78 is 26.7. The lowest BCUT2D eigenvalue weighted by Crippen LogP contribution is -2.52. The molecule has 1 saturated heterocycles. The van der Waals surface area contributed by atoms with Crippen LogP contribution in [-0.2, 0) is 20.6 Å². The minimum absolute atomic E-state index is 0.0270. The molecule has 0 bridgehead atoms. The van der Waals surface area contributed by atoms with Gasteiger partial charge in [0.05, 0.1) is 5.75 Å². The number of rotatable bonds is 4. The Kier molecular flexibility index (Phi) is 6.02. The van der Waals surface area contributed by atoms with Gasteiger partial charge in [0.1, 0.15) is 0 Å². The van der Waals surface area contributed by atoms with Crippen molar-refractivity contribution in [2.45, 2.75) is 37.9 Å². The number of halogens is 1. The molecule has 25 heavy (non-hydrogen) atoms. The number of sulfonamides is 1. The Balaban J connectivity index is 1.55. The molecular formula is C18H25ClN2O3S. The van der Waals surface area contributed by atoms with Crippen LogP contribution in [0.1, 0.15) is 37.7 Å². The van der Waals surface area contributed by atoms with E-state index in [-0.39, 0.29) is 17.6 Å². The van der Waals surface area contributed by atoms with Crippen molar-refractivity contribution in [1.82, 2.24) is 9.21 Å². The summed E-state index contributed by atoms with van der Waals surface area (Å²) in [5.41, 5.74) is 0.727. The maximum absolute atomic E-state index is 12.6. The molecule has 7 heteroatoms. The molecule has 1 aromatic rings. The van der Waals surface area contributed by atoms with Crippen LogP contribution in [-0.4, -0.2) is 49.7 Å². The Bertz CT molecular complexity index is 692. The van der Waals surface area contributed by atoms with Crippen LogP contribution in [0.5, 0.6) is 0 Å². The molecule has 0 aromatic heterocycles. The lowest BCUT2D eigenvalue weighted by Gasteiger charge is -2.36. The highest BCUT2D eigenvalue weighted by atomic mass is 35.5. The number of carbonyl (C=O) groups is 1. The zero-order valence-corrected chi connectivity index (χ0v) is 15.9. The fourth-order valence-electron chi connectivity index (χ4n) is 3.68. The van der Waals surface area contributed by atoms with Crippen LogP contribution < -0.4 is 0 Å². The Labute approximate surface area is 155 Å². The number of hydrogen-bond donors (Lipinski definition) is 0. The number of piperazine rings is 1. The number of carbonyl (C=O) groups excluding carboxylic acids is 1. The zero-order chi connectivity index (χ0) is 17.9. The van der Waals surface area contributed by atoms with E-state index in [1.807, 2.05) is 4.90 Å². The van der Waals surface area contributed by atoms with E-state index in [0.29, 0.717) is 31.2 Å². The molecule has 0 spiro atoms. The van der Waals surface area contributed by atoms with Crippen LogP contribution in [0.15, 0.2) is 24.3 Å². The lowest BCUT2D eigenvalue weighted by molar-refractivity contribution is -0.137. The van der Waals surface area contributed by atoms with Crippen molar-refractivity contribution in [3.05, 3.63) is 34.9 Å². The van der Waals surface area contributed by atoms with Crippen LogP contribution >= 0.6 is 11.6 Å². The summed E-state index contributed by atoms with van der Waals surface area (Å²) in [5, 5.41) is 0.594. The van der Waals surface area contributed by atoms with Gasteiger partial charge >= 0.3 is 0 Å². The first-order valence-corrected chi connectivity index (χ1v) is 11.0. The maximum atomic E-state index is 12.6. The van der Waals surface area contributed by atoms with E-state index in [1.54, 1.807) is 24.3 Å². The van der Waals surface area contributed by atoms with Gasteiger partial charge in [0.2, 0.25) is 15.9 Å². The van der Waals surface area contributed by atoms with Crippen LogP contribution in [0.3, 0.4) is 0 Å². The van der Waals surface area contributed by atoms with Gasteiger partial charge in [-0.3, -0.25) is 4.79 Å². The van der Waals surface area contributed by atoms with E-state index >= 15 is 0 Å². The first-order chi connectivity index (χ1) is 12.0. The largest absolute Gasteiger partial charge is 0.340 e. The molecular weight excluding hydrogens is 360 g/mol. The molecule has 0 atom stereocenters. The number of benzene rings is 1. The lowest BCUT2D eigenvalue weighted by atomic mass is 9.88. The van der Waals surface area contributed by atoms with Crippen LogP contribution in [0.2, 0.25) is 5.02 Å². The second kappa shape index (κ2) is 8.06. The Morgan fingerprint density at radius 1 is 1.00 bits per heavy atom. The summed E-state index contributed by atoms with van der Waals surface area (Å²) in [7, 11) is -3.37. The van der Waals surface area contributed by atoms with Crippen molar-refractivity contribution >= 4 is 27.5 Å². The standard InChI is InChI=1S/C18H25ClN2O3S/c19-17-8-6-15(7-9-17)14-25(23,24)21-12-10-20(11-13-21)18(22)16-4-2-1-3-5-16/h6-9,16H,1-5,10-14H2. The molecule has 0 N–H and O–H groups in total. The third kappa shape index (κ3) is 4.74. The minimum atomic E-state index is -3.37. The van der Waals surface area contributed by atoms with E-state index in [2.05, 4.69) is 0 Å². The molecule has 1 saturated carbocycles. The summed E-state index contributed by atoms with van der Waals surface area (Å²) in [6.07, 6.45) is 5.44. The highest BCUT2D eigenvalue weighted by Crippen LogP contribution is 2.26. The van der Waals surface area contributed by atoms with Gasteiger partial charge in [0.25, 0.3) is 0 Å². The van der Waals surface area contributed by atoms with E-state index in [4.69, 9.17) is 11.6 Å². The van der Waals surface area contributed by atoms with Gasteiger partial charge in [0, 0.05) is 37.1 Å². The van der Waals surface area contributed by atoms with Crippen LogP contribution in [0, 0.1) is 5.92 Å². The SMILES string of the molecule is O=C(C1CCCCC1)N1CCN(S(=O)(=O)Cc2ccc(Cl)cc2)CC1. The van der Waals surface area contributed by atoms with Crippen molar-refractivity contribution in [3.8, 4) is 0 Å². The molecule has 2 aliphatic rings. The summed E-state index contributed by atoms with van der Waals surface area (Å²) in [6, 6.07) is 6.88. The van der Waals surface area contributed by atoms with Crippen molar-refractivity contribution in [1.29, 1.82) is 0 Å². The summed E-state index contributed by atoms with van der Waals surface area (Å²) in [6.45, 7) is 1.76. The smallest absolute Gasteiger partial charge is 0.225 e. The average Bonchev–Trinajstić information content (AvgIpc) is 2.64. The molecule has 1 amide bonds. The third-order valence-electron chi connectivity index (χ3n) is 5.16. The van der Waals surface area contributed by atoms with E-state index < -0.39 is 10.0 Å². The number of hydrogen-bond acceptors (Lipinski definition) is 3. The van der Waals surface area contributed by atoms with Gasteiger partial charge in [-0.1, -0.05) is 43.0 Å². The fraction of sp³-hybridized carbons (Fsp3) is 0.611. The maximum Gasteiger partial charge on any atom is 0.225 e. The predicted octanol–water partition coefficient (Wildman–Crippen LogP) is 2.89. The van der Waals surface area contributed by atoms with Crippen molar-refractivity contribution < 1.29 is 13.2 Å². The highest BCUT2D eigenvalue weighted by molar-refractivity contribution is 7.88. The molecule has 0 radical (unpaired) electrons. The second-order valence-electron chi connectivity index (χ2n) is 6.94. The Morgan fingerprint density at radius 2 is 1.60 bits per heavy atom. The Morgan fingerprint density at radius 3 is 2.20 bits per heavy atom.